The lowest BCUT2D eigenvalue weighted by molar-refractivity contribution is 0.0748. The summed E-state index contributed by atoms with van der Waals surface area (Å²) in [5.41, 5.74) is 8.06. The molecule has 0 aliphatic carbocycles. The van der Waals surface area contributed by atoms with Crippen molar-refractivity contribution in [1.29, 1.82) is 0 Å². The number of anilines is 1. The normalized spacial score (nSPS) is 11.3. The highest BCUT2D eigenvalue weighted by Crippen LogP contribution is 2.18. The third-order valence-corrected chi connectivity index (χ3v) is 2.78. The van der Waals surface area contributed by atoms with Crippen LogP contribution in [-0.4, -0.2) is 39.4 Å². The Hall–Kier alpha value is -0.860. The maximum absolute atomic E-state index is 5.83. The van der Waals surface area contributed by atoms with Gasteiger partial charge in [-0.15, -0.1) is 24.0 Å². The van der Waals surface area contributed by atoms with Gasteiger partial charge in [0.1, 0.15) is 0 Å². The number of halogens is 1. The van der Waals surface area contributed by atoms with Crippen molar-refractivity contribution in [1.82, 2.24) is 0 Å². The number of guanidine groups is 1. The molecule has 1 rings (SSSR count). The second kappa shape index (κ2) is 11.8. The summed E-state index contributed by atoms with van der Waals surface area (Å²) in [5.74, 6) is 0.894. The predicted molar refractivity (Wildman–Crippen MR) is 98.8 cm³/mol. The van der Waals surface area contributed by atoms with Crippen molar-refractivity contribution in [2.24, 2.45) is 10.7 Å². The van der Waals surface area contributed by atoms with Gasteiger partial charge in [0.05, 0.1) is 26.4 Å². The molecule has 0 saturated heterocycles. The standard InChI is InChI=1S/C15H25N3O2.HI/c1-12(2)13-5-4-6-14(11-13)18-15(16)17-7-8-20-10-9-19-3;/h4-6,11-12H,7-10H2,1-3H3,(H3,16,17,18);1H. The summed E-state index contributed by atoms with van der Waals surface area (Å²) >= 11 is 0. The number of benzene rings is 1. The highest BCUT2D eigenvalue weighted by atomic mass is 127. The molecule has 3 N–H and O–H groups in total. The lowest BCUT2D eigenvalue weighted by atomic mass is 10.0. The Morgan fingerprint density at radius 1 is 1.29 bits per heavy atom. The van der Waals surface area contributed by atoms with Gasteiger partial charge in [0.2, 0.25) is 0 Å². The largest absolute Gasteiger partial charge is 0.382 e. The minimum Gasteiger partial charge on any atom is -0.382 e. The molecule has 0 atom stereocenters. The summed E-state index contributed by atoms with van der Waals surface area (Å²) in [4.78, 5) is 4.21. The first-order valence-corrected chi connectivity index (χ1v) is 6.87. The molecule has 0 heterocycles. The lowest BCUT2D eigenvalue weighted by Crippen LogP contribution is -2.23. The Balaban J connectivity index is 0.00000400. The van der Waals surface area contributed by atoms with E-state index in [1.807, 2.05) is 12.1 Å². The van der Waals surface area contributed by atoms with E-state index in [0.717, 1.165) is 5.69 Å². The molecule has 1 aromatic carbocycles. The van der Waals surface area contributed by atoms with Crippen molar-refractivity contribution in [2.45, 2.75) is 19.8 Å². The molecule has 0 unspecified atom stereocenters. The number of nitrogens with one attached hydrogen (secondary N) is 1. The summed E-state index contributed by atoms with van der Waals surface area (Å²) in [6.45, 7) is 6.57. The Bertz CT molecular complexity index is 425. The number of hydrogen-bond donors (Lipinski definition) is 2. The van der Waals surface area contributed by atoms with Gasteiger partial charge >= 0.3 is 0 Å². The van der Waals surface area contributed by atoms with E-state index in [1.165, 1.54) is 5.56 Å². The molecular weight excluding hydrogens is 381 g/mol. The molecule has 0 spiro atoms. The van der Waals surface area contributed by atoms with Crippen LogP contribution < -0.4 is 11.1 Å². The molecule has 0 bridgehead atoms. The van der Waals surface area contributed by atoms with Crippen LogP contribution in [0.15, 0.2) is 29.3 Å². The Morgan fingerprint density at radius 3 is 2.71 bits per heavy atom. The predicted octanol–water partition coefficient (Wildman–Crippen LogP) is 2.82. The Morgan fingerprint density at radius 2 is 2.05 bits per heavy atom. The number of ether oxygens (including phenoxy) is 2. The monoisotopic (exact) mass is 407 g/mol. The smallest absolute Gasteiger partial charge is 0.193 e. The Labute approximate surface area is 144 Å². The van der Waals surface area contributed by atoms with E-state index in [4.69, 9.17) is 15.2 Å². The highest BCUT2D eigenvalue weighted by Gasteiger charge is 2.00. The second-order valence-electron chi connectivity index (χ2n) is 4.78. The van der Waals surface area contributed by atoms with Crippen LogP contribution in [0.4, 0.5) is 5.69 Å². The highest BCUT2D eigenvalue weighted by molar-refractivity contribution is 14.0. The topological polar surface area (TPSA) is 68.9 Å². The lowest BCUT2D eigenvalue weighted by Gasteiger charge is -2.10. The van der Waals surface area contributed by atoms with Gasteiger partial charge in [-0.05, 0) is 23.6 Å². The fraction of sp³-hybridized carbons (Fsp3) is 0.533. The molecule has 21 heavy (non-hydrogen) atoms. The van der Waals surface area contributed by atoms with Crippen LogP contribution in [0.25, 0.3) is 0 Å². The van der Waals surface area contributed by atoms with Crippen molar-refractivity contribution < 1.29 is 9.47 Å². The summed E-state index contributed by atoms with van der Waals surface area (Å²) in [6.07, 6.45) is 0. The van der Waals surface area contributed by atoms with Gasteiger partial charge in [0.15, 0.2) is 5.96 Å². The molecule has 0 fully saturated rings. The van der Waals surface area contributed by atoms with Crippen molar-refractivity contribution in [3.63, 3.8) is 0 Å². The minimum absolute atomic E-state index is 0. The molecule has 0 saturated carbocycles. The molecule has 5 nitrogen and oxygen atoms in total. The Kier molecular flexibility index (Phi) is 11.3. The van der Waals surface area contributed by atoms with E-state index in [2.05, 4.69) is 36.3 Å². The number of hydrogen-bond acceptors (Lipinski definition) is 3. The first-order chi connectivity index (χ1) is 9.63. The van der Waals surface area contributed by atoms with Crippen LogP contribution in [0.5, 0.6) is 0 Å². The van der Waals surface area contributed by atoms with E-state index in [9.17, 15) is 0 Å². The van der Waals surface area contributed by atoms with Crippen LogP contribution in [-0.2, 0) is 9.47 Å². The number of aliphatic imine (C=N–C) groups is 1. The van der Waals surface area contributed by atoms with Crippen LogP contribution >= 0.6 is 24.0 Å². The molecule has 0 aliphatic heterocycles. The molecule has 120 valence electrons. The van der Waals surface area contributed by atoms with Crippen molar-refractivity contribution >= 4 is 35.6 Å². The fourth-order valence-corrected chi connectivity index (χ4v) is 1.64. The van der Waals surface area contributed by atoms with Crippen molar-refractivity contribution in [2.75, 3.05) is 38.8 Å². The summed E-state index contributed by atoms with van der Waals surface area (Å²) in [7, 11) is 1.65. The molecule has 0 aromatic heterocycles. The molecule has 1 aromatic rings. The molecule has 0 aliphatic rings. The van der Waals surface area contributed by atoms with Crippen LogP contribution in [0.3, 0.4) is 0 Å². The third-order valence-electron chi connectivity index (χ3n) is 2.78. The first-order valence-electron chi connectivity index (χ1n) is 6.87. The zero-order chi connectivity index (χ0) is 14.8. The van der Waals surface area contributed by atoms with Gasteiger partial charge in [-0.2, -0.15) is 0 Å². The van der Waals surface area contributed by atoms with Crippen molar-refractivity contribution in [3.05, 3.63) is 29.8 Å². The van der Waals surface area contributed by atoms with Crippen molar-refractivity contribution in [3.8, 4) is 0 Å². The number of nitrogens with two attached hydrogens (primary N) is 1. The number of nitrogens with zero attached hydrogens (tertiary/aromatic N) is 1. The van der Waals surface area contributed by atoms with Gasteiger partial charge in [0.25, 0.3) is 0 Å². The fourth-order valence-electron chi connectivity index (χ4n) is 1.64. The summed E-state index contributed by atoms with van der Waals surface area (Å²) in [6, 6.07) is 8.18. The van der Waals surface area contributed by atoms with Crippen LogP contribution in [0.1, 0.15) is 25.3 Å². The van der Waals surface area contributed by atoms with Gasteiger partial charge < -0.3 is 20.5 Å². The second-order valence-corrected chi connectivity index (χ2v) is 4.78. The zero-order valence-corrected chi connectivity index (χ0v) is 15.3. The SMILES string of the molecule is COCCOCCN=C(N)Nc1cccc(C(C)C)c1.I. The first kappa shape index (κ1) is 20.1. The van der Waals surface area contributed by atoms with Crippen LogP contribution in [0, 0.1) is 0 Å². The number of methoxy groups -OCH3 is 1. The van der Waals surface area contributed by atoms with E-state index in [0.29, 0.717) is 38.2 Å². The van der Waals surface area contributed by atoms with E-state index in [-0.39, 0.29) is 24.0 Å². The third kappa shape index (κ3) is 8.90. The maximum atomic E-state index is 5.83. The van der Waals surface area contributed by atoms with Crippen LogP contribution in [0.2, 0.25) is 0 Å². The zero-order valence-electron chi connectivity index (χ0n) is 13.0. The maximum Gasteiger partial charge on any atom is 0.193 e. The molecule has 0 radical (unpaired) electrons. The summed E-state index contributed by atoms with van der Waals surface area (Å²) < 4.78 is 10.2. The molecule has 6 heteroatoms. The average molecular weight is 407 g/mol. The summed E-state index contributed by atoms with van der Waals surface area (Å²) in [5, 5.41) is 3.09. The quantitative estimate of drug-likeness (QED) is 0.301. The van der Waals surface area contributed by atoms with Gasteiger partial charge in [-0.3, -0.25) is 4.99 Å². The average Bonchev–Trinajstić information content (AvgIpc) is 2.43. The molecular formula is C15H26IN3O2. The van der Waals surface area contributed by atoms with Gasteiger partial charge in [-0.1, -0.05) is 26.0 Å². The van der Waals surface area contributed by atoms with E-state index in [1.54, 1.807) is 7.11 Å². The molecule has 0 amide bonds. The van der Waals surface area contributed by atoms with Gasteiger partial charge in [0, 0.05) is 12.8 Å². The minimum atomic E-state index is 0. The van der Waals surface area contributed by atoms with Gasteiger partial charge in [-0.25, -0.2) is 0 Å². The number of rotatable bonds is 8. The van der Waals surface area contributed by atoms with E-state index >= 15 is 0 Å². The van der Waals surface area contributed by atoms with E-state index < -0.39 is 0 Å².